The highest BCUT2D eigenvalue weighted by Gasteiger charge is 2.37. The number of amides is 2. The van der Waals surface area contributed by atoms with E-state index in [1.54, 1.807) is 25.2 Å². The fourth-order valence-electron chi connectivity index (χ4n) is 3.51. The Morgan fingerprint density at radius 3 is 2.52 bits per heavy atom. The van der Waals surface area contributed by atoms with Crippen LogP contribution in [0.4, 0.5) is 0 Å². The maximum atomic E-state index is 12.7. The van der Waals surface area contributed by atoms with Crippen molar-refractivity contribution in [2.24, 2.45) is 5.92 Å². The Hall–Kier alpha value is -1.47. The number of ether oxygens (including phenoxy) is 1. The highest BCUT2D eigenvalue weighted by Crippen LogP contribution is 2.38. The van der Waals surface area contributed by atoms with E-state index in [4.69, 9.17) is 4.74 Å². The first kappa shape index (κ1) is 18.3. The molecule has 2 fully saturated rings. The van der Waals surface area contributed by atoms with Gasteiger partial charge in [-0.25, -0.2) is 4.98 Å². The van der Waals surface area contributed by atoms with Gasteiger partial charge in [-0.1, -0.05) is 6.92 Å². The molecule has 2 amide bonds. The Balaban J connectivity index is 1.62. The van der Waals surface area contributed by atoms with Crippen LogP contribution >= 0.6 is 11.3 Å². The maximum absolute atomic E-state index is 12.7. The lowest BCUT2D eigenvalue weighted by Gasteiger charge is -2.39. The monoisotopic (exact) mass is 365 g/mol. The van der Waals surface area contributed by atoms with Gasteiger partial charge in [0.25, 0.3) is 5.91 Å². The number of likely N-dealkylation sites (tertiary alicyclic amines) is 1. The zero-order valence-corrected chi connectivity index (χ0v) is 16.1. The first-order valence-electron chi connectivity index (χ1n) is 8.95. The normalized spacial score (nSPS) is 21.2. The van der Waals surface area contributed by atoms with Crippen LogP contribution < -0.4 is 0 Å². The van der Waals surface area contributed by atoms with Gasteiger partial charge in [0.1, 0.15) is 4.88 Å². The summed E-state index contributed by atoms with van der Waals surface area (Å²) in [5.41, 5.74) is -0.0536. The Labute approximate surface area is 153 Å². The van der Waals surface area contributed by atoms with Gasteiger partial charge < -0.3 is 14.5 Å². The van der Waals surface area contributed by atoms with E-state index in [1.165, 1.54) is 11.3 Å². The van der Waals surface area contributed by atoms with Crippen molar-refractivity contribution in [3.05, 3.63) is 16.1 Å². The number of carbonyl (C=O) groups is 2. The minimum absolute atomic E-state index is 0.000480. The summed E-state index contributed by atoms with van der Waals surface area (Å²) >= 11 is 1.49. The van der Waals surface area contributed by atoms with E-state index >= 15 is 0 Å². The number of thiazole rings is 1. The van der Waals surface area contributed by atoms with Gasteiger partial charge in [0.15, 0.2) is 0 Å². The number of hydrogen-bond donors (Lipinski definition) is 0. The third-order valence-electron chi connectivity index (χ3n) is 5.39. The molecule has 0 spiro atoms. The molecule has 7 heteroatoms. The third-order valence-corrected chi connectivity index (χ3v) is 6.68. The van der Waals surface area contributed by atoms with E-state index in [9.17, 15) is 9.59 Å². The number of carbonyl (C=O) groups excluding carboxylic acids is 2. The molecule has 3 heterocycles. The lowest BCUT2D eigenvalue weighted by Crippen LogP contribution is -2.46. The Kier molecular flexibility index (Phi) is 5.43. The van der Waals surface area contributed by atoms with E-state index in [-0.39, 0.29) is 23.1 Å². The van der Waals surface area contributed by atoms with E-state index in [1.807, 2.05) is 4.90 Å². The summed E-state index contributed by atoms with van der Waals surface area (Å²) in [7, 11) is 3.51. The van der Waals surface area contributed by atoms with Gasteiger partial charge in [-0.2, -0.15) is 0 Å². The van der Waals surface area contributed by atoms with Gasteiger partial charge in [0, 0.05) is 51.7 Å². The molecule has 3 rings (SSSR count). The number of nitrogens with zero attached hydrogens (tertiary/aromatic N) is 3. The van der Waals surface area contributed by atoms with Gasteiger partial charge in [0.05, 0.1) is 11.2 Å². The zero-order valence-electron chi connectivity index (χ0n) is 15.3. The van der Waals surface area contributed by atoms with Crippen molar-refractivity contribution in [3.63, 3.8) is 0 Å². The van der Waals surface area contributed by atoms with Gasteiger partial charge in [-0.3, -0.25) is 9.59 Å². The molecule has 1 aromatic heterocycles. The first-order valence-corrected chi connectivity index (χ1v) is 9.77. The predicted octanol–water partition coefficient (Wildman–Crippen LogP) is 2.15. The second-order valence-electron chi connectivity index (χ2n) is 7.50. The van der Waals surface area contributed by atoms with Crippen LogP contribution in [-0.2, 0) is 14.9 Å². The Morgan fingerprint density at radius 2 is 1.92 bits per heavy atom. The van der Waals surface area contributed by atoms with Crippen LogP contribution in [0.2, 0.25) is 0 Å². The summed E-state index contributed by atoms with van der Waals surface area (Å²) in [6.45, 7) is 5.13. The highest BCUT2D eigenvalue weighted by atomic mass is 32.1. The molecule has 0 unspecified atom stereocenters. The largest absolute Gasteiger partial charge is 0.381 e. The molecule has 6 nitrogen and oxygen atoms in total. The van der Waals surface area contributed by atoms with Crippen molar-refractivity contribution in [2.45, 2.75) is 38.0 Å². The third kappa shape index (κ3) is 3.87. The van der Waals surface area contributed by atoms with Crippen LogP contribution in [0, 0.1) is 5.92 Å². The molecule has 0 aliphatic carbocycles. The molecule has 2 aliphatic rings. The molecular weight excluding hydrogens is 338 g/mol. The Morgan fingerprint density at radius 1 is 1.28 bits per heavy atom. The topological polar surface area (TPSA) is 62.7 Å². The molecule has 0 saturated carbocycles. The average molecular weight is 365 g/mol. The van der Waals surface area contributed by atoms with Crippen molar-refractivity contribution in [1.29, 1.82) is 0 Å². The summed E-state index contributed by atoms with van der Waals surface area (Å²) in [5, 5.41) is 1.01. The summed E-state index contributed by atoms with van der Waals surface area (Å²) < 4.78 is 5.36. The molecule has 2 aliphatic heterocycles. The molecule has 0 bridgehead atoms. The Bertz CT molecular complexity index is 629. The van der Waals surface area contributed by atoms with Gasteiger partial charge in [0.2, 0.25) is 5.91 Å². The fraction of sp³-hybridized carbons (Fsp3) is 0.722. The van der Waals surface area contributed by atoms with Crippen LogP contribution in [0.5, 0.6) is 0 Å². The standard InChI is InChI=1S/C18H27N3O3S/c1-18(17-19-12-14(25-17)16(23)20(2)3)6-8-21(9-7-18)15(22)13-4-10-24-11-5-13/h12-13H,4-11H2,1-3H3. The molecule has 0 radical (unpaired) electrons. The maximum Gasteiger partial charge on any atom is 0.265 e. The lowest BCUT2D eigenvalue weighted by molar-refractivity contribution is -0.140. The second-order valence-corrected chi connectivity index (χ2v) is 8.53. The number of rotatable bonds is 3. The van der Waals surface area contributed by atoms with Crippen molar-refractivity contribution in [3.8, 4) is 0 Å². The first-order chi connectivity index (χ1) is 11.9. The molecule has 0 aromatic carbocycles. The molecular formula is C18H27N3O3S. The minimum atomic E-state index is -0.0536. The summed E-state index contributed by atoms with van der Waals surface area (Å²) in [5.74, 6) is 0.412. The smallest absolute Gasteiger partial charge is 0.265 e. The number of aromatic nitrogens is 1. The lowest BCUT2D eigenvalue weighted by atomic mass is 9.80. The second kappa shape index (κ2) is 7.41. The summed E-state index contributed by atoms with van der Waals surface area (Å²) in [6, 6.07) is 0. The molecule has 138 valence electrons. The van der Waals surface area contributed by atoms with Gasteiger partial charge in [-0.15, -0.1) is 11.3 Å². The van der Waals surface area contributed by atoms with E-state index in [0.717, 1.165) is 43.8 Å². The van der Waals surface area contributed by atoms with Crippen molar-refractivity contribution < 1.29 is 14.3 Å². The SMILES string of the molecule is CN(C)C(=O)c1cnc(C2(C)CCN(C(=O)C3CCOCC3)CC2)s1. The molecule has 2 saturated heterocycles. The molecule has 0 atom stereocenters. The fourth-order valence-corrected chi connectivity index (χ4v) is 4.65. The quantitative estimate of drug-likeness (QED) is 0.823. The van der Waals surface area contributed by atoms with E-state index in [2.05, 4.69) is 11.9 Å². The molecule has 25 heavy (non-hydrogen) atoms. The summed E-state index contributed by atoms with van der Waals surface area (Å²) in [4.78, 5) is 33.6. The molecule has 0 N–H and O–H groups in total. The van der Waals surface area contributed by atoms with Crippen LogP contribution in [-0.4, -0.2) is 67.0 Å². The minimum Gasteiger partial charge on any atom is -0.381 e. The highest BCUT2D eigenvalue weighted by molar-refractivity contribution is 7.13. The van der Waals surface area contributed by atoms with Crippen LogP contribution in [0.15, 0.2) is 6.20 Å². The van der Waals surface area contributed by atoms with E-state index in [0.29, 0.717) is 18.1 Å². The van der Waals surface area contributed by atoms with Crippen LogP contribution in [0.25, 0.3) is 0 Å². The van der Waals surface area contributed by atoms with Gasteiger partial charge in [-0.05, 0) is 25.7 Å². The van der Waals surface area contributed by atoms with E-state index < -0.39 is 0 Å². The van der Waals surface area contributed by atoms with Gasteiger partial charge >= 0.3 is 0 Å². The number of hydrogen-bond acceptors (Lipinski definition) is 5. The van der Waals surface area contributed by atoms with Crippen molar-refractivity contribution in [2.75, 3.05) is 40.4 Å². The average Bonchev–Trinajstić information content (AvgIpc) is 3.12. The number of piperidine rings is 1. The summed E-state index contributed by atoms with van der Waals surface area (Å²) in [6.07, 6.45) is 5.16. The van der Waals surface area contributed by atoms with Crippen LogP contribution in [0.3, 0.4) is 0 Å². The zero-order chi connectivity index (χ0) is 18.0. The van der Waals surface area contributed by atoms with Crippen molar-refractivity contribution in [1.82, 2.24) is 14.8 Å². The molecule has 1 aromatic rings. The van der Waals surface area contributed by atoms with Crippen LogP contribution in [0.1, 0.15) is 47.3 Å². The predicted molar refractivity (Wildman–Crippen MR) is 96.8 cm³/mol. The van der Waals surface area contributed by atoms with Crippen molar-refractivity contribution >= 4 is 23.2 Å².